The molecule has 1 aliphatic rings. The molecule has 0 aromatic heterocycles. The fourth-order valence-electron chi connectivity index (χ4n) is 2.66. The average Bonchev–Trinajstić information content (AvgIpc) is 2.44. The Kier molecular flexibility index (Phi) is 5.66. The van der Waals surface area contributed by atoms with E-state index in [-0.39, 0.29) is 6.04 Å². The van der Waals surface area contributed by atoms with E-state index in [4.69, 9.17) is 22.1 Å². The average molecular weight is 348 g/mol. The first-order chi connectivity index (χ1) is 9.15. The largest absolute Gasteiger partial charge is 0.380 e. The van der Waals surface area contributed by atoms with Crippen molar-refractivity contribution >= 4 is 27.5 Å². The first kappa shape index (κ1) is 15.3. The predicted octanol–water partition coefficient (Wildman–Crippen LogP) is 3.21. The number of benzene rings is 1. The van der Waals surface area contributed by atoms with Gasteiger partial charge in [-0.1, -0.05) is 17.7 Å². The van der Waals surface area contributed by atoms with Crippen molar-refractivity contribution in [3.63, 3.8) is 0 Å². The normalized spacial score (nSPS) is 22.4. The van der Waals surface area contributed by atoms with Crippen molar-refractivity contribution in [2.24, 2.45) is 5.73 Å². The predicted molar refractivity (Wildman–Crippen MR) is 82.6 cm³/mol. The highest BCUT2D eigenvalue weighted by molar-refractivity contribution is 9.10. The lowest BCUT2D eigenvalue weighted by molar-refractivity contribution is 0.0155. The van der Waals surface area contributed by atoms with Crippen molar-refractivity contribution in [1.29, 1.82) is 0 Å². The maximum absolute atomic E-state index is 6.18. The second-order valence-corrected chi connectivity index (χ2v) is 6.18. The van der Waals surface area contributed by atoms with Crippen LogP contribution in [-0.2, 0) is 4.74 Å². The number of hydrogen-bond acceptors (Lipinski definition) is 3. The molecule has 0 bridgehead atoms. The molecular formula is C14H20BrClN2O. The molecule has 5 heteroatoms. The van der Waals surface area contributed by atoms with Crippen molar-refractivity contribution < 1.29 is 4.74 Å². The maximum Gasteiger partial charge on any atom is 0.0698 e. The molecule has 0 spiro atoms. The number of halogens is 2. The summed E-state index contributed by atoms with van der Waals surface area (Å²) in [4.78, 5) is 2.40. The third kappa shape index (κ3) is 3.70. The van der Waals surface area contributed by atoms with Crippen molar-refractivity contribution in [3.8, 4) is 0 Å². The van der Waals surface area contributed by atoms with Gasteiger partial charge in [-0.05, 0) is 53.0 Å². The first-order valence-corrected chi connectivity index (χ1v) is 7.74. The van der Waals surface area contributed by atoms with Gasteiger partial charge < -0.3 is 10.5 Å². The Labute approximate surface area is 128 Å². The summed E-state index contributed by atoms with van der Waals surface area (Å²) in [6.45, 7) is 2.59. The molecule has 1 aliphatic heterocycles. The summed E-state index contributed by atoms with van der Waals surface area (Å²) in [6.07, 6.45) is 2.60. The van der Waals surface area contributed by atoms with Gasteiger partial charge in [0, 0.05) is 30.7 Å². The van der Waals surface area contributed by atoms with Gasteiger partial charge in [-0.2, -0.15) is 0 Å². The third-order valence-corrected chi connectivity index (χ3v) is 4.97. The molecule has 106 valence electrons. The smallest absolute Gasteiger partial charge is 0.0698 e. The highest BCUT2D eigenvalue weighted by Gasteiger charge is 2.26. The molecule has 2 unspecified atom stereocenters. The van der Waals surface area contributed by atoms with E-state index in [0.29, 0.717) is 12.6 Å². The van der Waals surface area contributed by atoms with Crippen LogP contribution in [0.25, 0.3) is 0 Å². The molecular weight excluding hydrogens is 328 g/mol. The molecule has 0 saturated carbocycles. The summed E-state index contributed by atoms with van der Waals surface area (Å²) in [6, 6.07) is 6.28. The van der Waals surface area contributed by atoms with Crippen LogP contribution in [-0.4, -0.2) is 37.7 Å². The van der Waals surface area contributed by atoms with Gasteiger partial charge in [-0.3, -0.25) is 4.90 Å². The zero-order valence-corrected chi connectivity index (χ0v) is 13.5. The van der Waals surface area contributed by atoms with Crippen molar-refractivity contribution in [2.45, 2.75) is 25.0 Å². The number of methoxy groups -OCH3 is 1. The lowest BCUT2D eigenvalue weighted by Crippen LogP contribution is -2.43. The number of ether oxygens (including phenoxy) is 1. The third-order valence-electron chi connectivity index (χ3n) is 3.74. The van der Waals surface area contributed by atoms with E-state index in [1.807, 2.05) is 12.1 Å². The minimum absolute atomic E-state index is 0.212. The summed E-state index contributed by atoms with van der Waals surface area (Å²) in [7, 11) is 1.78. The molecule has 0 radical (unpaired) electrons. The van der Waals surface area contributed by atoms with E-state index in [9.17, 15) is 0 Å². The minimum atomic E-state index is 0.212. The van der Waals surface area contributed by atoms with Gasteiger partial charge in [0.25, 0.3) is 0 Å². The van der Waals surface area contributed by atoms with E-state index >= 15 is 0 Å². The van der Waals surface area contributed by atoms with Gasteiger partial charge in [-0.15, -0.1) is 0 Å². The van der Waals surface area contributed by atoms with Crippen LogP contribution in [0.5, 0.6) is 0 Å². The summed E-state index contributed by atoms with van der Waals surface area (Å²) >= 11 is 9.60. The zero-order chi connectivity index (χ0) is 13.8. The Morgan fingerprint density at radius 2 is 2.37 bits per heavy atom. The summed E-state index contributed by atoms with van der Waals surface area (Å²) in [5.41, 5.74) is 7.15. The number of nitrogens with two attached hydrogens (primary N) is 1. The van der Waals surface area contributed by atoms with Crippen LogP contribution in [0.15, 0.2) is 22.7 Å². The maximum atomic E-state index is 6.18. The van der Waals surface area contributed by atoms with Gasteiger partial charge in [0.2, 0.25) is 0 Å². The van der Waals surface area contributed by atoms with Gasteiger partial charge in [-0.25, -0.2) is 0 Å². The number of rotatable bonds is 4. The van der Waals surface area contributed by atoms with E-state index in [1.165, 1.54) is 5.56 Å². The molecule has 2 atom stereocenters. The van der Waals surface area contributed by atoms with Crippen LogP contribution >= 0.6 is 27.5 Å². The molecule has 1 saturated heterocycles. The van der Waals surface area contributed by atoms with Crippen LogP contribution < -0.4 is 5.73 Å². The van der Waals surface area contributed by atoms with E-state index in [1.54, 1.807) is 7.11 Å². The topological polar surface area (TPSA) is 38.5 Å². The second-order valence-electron chi connectivity index (χ2n) is 4.92. The number of likely N-dealkylation sites (tertiary alicyclic amines) is 1. The van der Waals surface area contributed by atoms with Crippen LogP contribution in [0.2, 0.25) is 5.02 Å². The summed E-state index contributed by atoms with van der Waals surface area (Å²) in [5, 5.41) is 0.733. The standard InChI is InChI=1S/C14H20BrClN2O/c1-19-11-3-2-6-18(9-11)14(8-17)10-4-5-12(15)13(16)7-10/h4-5,7,11,14H,2-3,6,8-9,17H2,1H3. The monoisotopic (exact) mass is 346 g/mol. The fraction of sp³-hybridized carbons (Fsp3) is 0.571. The number of hydrogen-bond donors (Lipinski definition) is 1. The van der Waals surface area contributed by atoms with Gasteiger partial charge in [0.05, 0.1) is 11.1 Å². The number of piperidine rings is 1. The summed E-state index contributed by atoms with van der Waals surface area (Å²) < 4.78 is 6.40. The number of nitrogens with zero attached hydrogens (tertiary/aromatic N) is 1. The molecule has 19 heavy (non-hydrogen) atoms. The van der Waals surface area contributed by atoms with E-state index in [0.717, 1.165) is 35.4 Å². The van der Waals surface area contributed by atoms with Crippen LogP contribution in [0, 0.1) is 0 Å². The molecule has 1 aromatic rings. The Morgan fingerprint density at radius 1 is 1.58 bits per heavy atom. The Bertz CT molecular complexity index is 430. The SMILES string of the molecule is COC1CCCN(C(CN)c2ccc(Br)c(Cl)c2)C1. The highest BCUT2D eigenvalue weighted by atomic mass is 79.9. The highest BCUT2D eigenvalue weighted by Crippen LogP contribution is 2.30. The minimum Gasteiger partial charge on any atom is -0.380 e. The first-order valence-electron chi connectivity index (χ1n) is 6.57. The molecule has 1 aromatic carbocycles. The molecule has 3 nitrogen and oxygen atoms in total. The molecule has 1 fully saturated rings. The molecule has 0 aliphatic carbocycles. The van der Waals surface area contributed by atoms with Gasteiger partial charge >= 0.3 is 0 Å². The quantitative estimate of drug-likeness (QED) is 0.909. The van der Waals surface area contributed by atoms with Gasteiger partial charge in [0.1, 0.15) is 0 Å². The van der Waals surface area contributed by atoms with Crippen molar-refractivity contribution in [3.05, 3.63) is 33.3 Å². The van der Waals surface area contributed by atoms with Crippen LogP contribution in [0.4, 0.5) is 0 Å². The van der Waals surface area contributed by atoms with Crippen LogP contribution in [0.3, 0.4) is 0 Å². The molecule has 2 N–H and O–H groups in total. The zero-order valence-electron chi connectivity index (χ0n) is 11.1. The van der Waals surface area contributed by atoms with Crippen LogP contribution in [0.1, 0.15) is 24.4 Å². The van der Waals surface area contributed by atoms with E-state index in [2.05, 4.69) is 26.9 Å². The lowest BCUT2D eigenvalue weighted by atomic mass is 10.0. The fourth-order valence-corrected chi connectivity index (χ4v) is 3.09. The van der Waals surface area contributed by atoms with E-state index < -0.39 is 0 Å². The second kappa shape index (κ2) is 7.04. The van der Waals surface area contributed by atoms with Gasteiger partial charge in [0.15, 0.2) is 0 Å². The Hall–Kier alpha value is -0.130. The Balaban J connectivity index is 2.16. The lowest BCUT2D eigenvalue weighted by Gasteiger charge is -2.37. The molecule has 0 amide bonds. The van der Waals surface area contributed by atoms with Crippen molar-refractivity contribution in [2.75, 3.05) is 26.7 Å². The summed E-state index contributed by atoms with van der Waals surface area (Å²) in [5.74, 6) is 0. The van der Waals surface area contributed by atoms with Crippen molar-refractivity contribution in [1.82, 2.24) is 4.90 Å². The molecule has 2 rings (SSSR count). The molecule has 1 heterocycles. The Morgan fingerprint density at radius 3 is 3.00 bits per heavy atom.